The van der Waals surface area contributed by atoms with Crippen molar-refractivity contribution in [1.82, 2.24) is 0 Å². The van der Waals surface area contributed by atoms with Crippen molar-refractivity contribution in [3.05, 3.63) is 58.1 Å². The van der Waals surface area contributed by atoms with Crippen LogP contribution in [0.15, 0.2) is 36.4 Å². The highest BCUT2D eigenvalue weighted by molar-refractivity contribution is 6.33. The lowest BCUT2D eigenvalue weighted by molar-refractivity contribution is -0.150. The Bertz CT molecular complexity index is 995. The van der Waals surface area contributed by atoms with Gasteiger partial charge in [0.2, 0.25) is 0 Å². The zero-order valence-corrected chi connectivity index (χ0v) is 17.3. The lowest BCUT2D eigenvalue weighted by Gasteiger charge is -2.23. The molecule has 0 saturated carbocycles. The van der Waals surface area contributed by atoms with Gasteiger partial charge in [-0.05, 0) is 31.2 Å². The number of amides is 1. The molecule has 31 heavy (non-hydrogen) atoms. The molecule has 1 unspecified atom stereocenters. The van der Waals surface area contributed by atoms with Crippen LogP contribution in [0.3, 0.4) is 0 Å². The molecule has 10 heteroatoms. The van der Waals surface area contributed by atoms with Gasteiger partial charge in [-0.25, -0.2) is 0 Å². The summed E-state index contributed by atoms with van der Waals surface area (Å²) in [6.07, 6.45) is -7.53. The highest BCUT2D eigenvalue weighted by Crippen LogP contribution is 2.43. The predicted molar refractivity (Wildman–Crippen MR) is 106 cm³/mol. The molecule has 0 bridgehead atoms. The van der Waals surface area contributed by atoms with E-state index < -0.39 is 42.2 Å². The number of carbonyl (C=O) groups is 2. The van der Waals surface area contributed by atoms with E-state index in [1.54, 1.807) is 25.1 Å². The molecule has 0 fully saturated rings. The smallest absolute Gasteiger partial charge is 0.416 e. The van der Waals surface area contributed by atoms with E-state index in [1.165, 1.54) is 7.11 Å². The number of anilines is 1. The Balaban J connectivity index is 2.14. The average molecular weight is 458 g/mol. The summed E-state index contributed by atoms with van der Waals surface area (Å²) in [4.78, 5) is 24.6. The van der Waals surface area contributed by atoms with Gasteiger partial charge in [-0.15, -0.1) is 0 Å². The van der Waals surface area contributed by atoms with Gasteiger partial charge in [-0.3, -0.25) is 9.59 Å². The Morgan fingerprint density at radius 2 is 1.97 bits per heavy atom. The van der Waals surface area contributed by atoms with E-state index in [0.717, 1.165) is 18.2 Å². The largest absolute Gasteiger partial charge is 0.495 e. The van der Waals surface area contributed by atoms with Crippen LogP contribution in [0.4, 0.5) is 18.9 Å². The van der Waals surface area contributed by atoms with Crippen LogP contribution in [0.5, 0.6) is 5.75 Å². The molecule has 2 aromatic rings. The van der Waals surface area contributed by atoms with Crippen molar-refractivity contribution >= 4 is 29.2 Å². The van der Waals surface area contributed by atoms with E-state index in [-0.39, 0.29) is 34.2 Å². The molecule has 3 rings (SSSR count). The zero-order chi connectivity index (χ0) is 22.8. The molecule has 166 valence electrons. The van der Waals surface area contributed by atoms with Crippen molar-refractivity contribution in [2.45, 2.75) is 31.7 Å². The maximum atomic E-state index is 13.4. The molecule has 0 aliphatic carbocycles. The summed E-state index contributed by atoms with van der Waals surface area (Å²) in [5.74, 6) is -1.09. The first-order valence-electron chi connectivity index (χ1n) is 9.31. The number of benzene rings is 2. The molecule has 1 aliphatic heterocycles. The highest BCUT2D eigenvalue weighted by Gasteiger charge is 2.37. The zero-order valence-electron chi connectivity index (χ0n) is 16.6. The number of halogens is 4. The van der Waals surface area contributed by atoms with E-state index in [9.17, 15) is 22.8 Å². The van der Waals surface area contributed by atoms with Crippen molar-refractivity contribution in [3.63, 3.8) is 0 Å². The number of esters is 1. The number of ether oxygens (including phenoxy) is 3. The Hall–Kier alpha value is -2.78. The maximum absolute atomic E-state index is 13.4. The maximum Gasteiger partial charge on any atom is 0.416 e. The second-order valence-electron chi connectivity index (χ2n) is 6.67. The van der Waals surface area contributed by atoms with Gasteiger partial charge >= 0.3 is 12.1 Å². The fraction of sp³-hybridized carbons (Fsp3) is 0.333. The van der Waals surface area contributed by atoms with E-state index in [4.69, 9.17) is 25.8 Å². The minimum absolute atomic E-state index is 0.0460. The summed E-state index contributed by atoms with van der Waals surface area (Å²) >= 11 is 6.41. The van der Waals surface area contributed by atoms with Gasteiger partial charge in [0.15, 0.2) is 0 Å². The number of nitrogens with one attached hydrogen (secondary N) is 1. The second-order valence-corrected chi connectivity index (χ2v) is 7.04. The predicted octanol–water partition coefficient (Wildman–Crippen LogP) is 4.75. The van der Waals surface area contributed by atoms with Crippen LogP contribution in [-0.4, -0.2) is 31.7 Å². The van der Waals surface area contributed by atoms with Crippen molar-refractivity contribution in [2.24, 2.45) is 0 Å². The lowest BCUT2D eigenvalue weighted by atomic mass is 9.97. The van der Waals surface area contributed by atoms with Crippen LogP contribution in [0.2, 0.25) is 5.02 Å². The Morgan fingerprint density at radius 1 is 1.23 bits per heavy atom. The third-order valence-corrected chi connectivity index (χ3v) is 5.07. The summed E-state index contributed by atoms with van der Waals surface area (Å²) in [7, 11) is 1.39. The fourth-order valence-corrected chi connectivity index (χ4v) is 3.53. The normalized spacial score (nSPS) is 18.6. The number of methoxy groups -OCH3 is 1. The summed E-state index contributed by atoms with van der Waals surface area (Å²) < 4.78 is 56.0. The molecular weight excluding hydrogens is 439 g/mol. The van der Waals surface area contributed by atoms with Crippen LogP contribution >= 0.6 is 11.6 Å². The Labute approximate surface area is 181 Å². The summed E-state index contributed by atoms with van der Waals surface area (Å²) in [6.45, 7) is 1.72. The topological polar surface area (TPSA) is 73.9 Å². The fourth-order valence-electron chi connectivity index (χ4n) is 3.22. The van der Waals surface area contributed by atoms with E-state index in [1.807, 2.05) is 0 Å². The average Bonchev–Trinajstić information content (AvgIpc) is 2.84. The molecule has 0 aromatic heterocycles. The molecule has 1 N–H and O–H groups in total. The molecule has 1 heterocycles. The SMILES string of the molecule is CCOC(=O)CC1O[C@H](c2cccc(OC)c2Cl)c2cc(C(F)(F)F)ccc2NC1=O. The van der Waals surface area contributed by atoms with Gasteiger partial charge in [0.1, 0.15) is 18.0 Å². The standard InChI is InChI=1S/C21H19ClF3NO5/c1-3-30-17(27)10-16-20(28)26-14-8-7-11(21(23,24)25)9-13(14)19(31-16)12-5-4-6-15(29-2)18(12)22/h4-9,16,19H,3,10H2,1-2H3,(H,26,28)/t16?,19-/m1/s1. The monoisotopic (exact) mass is 457 g/mol. The number of carbonyl (C=O) groups excluding carboxylic acids is 2. The second kappa shape index (κ2) is 9.15. The van der Waals surface area contributed by atoms with Crippen molar-refractivity contribution < 1.29 is 37.0 Å². The van der Waals surface area contributed by atoms with Crippen LogP contribution in [-0.2, 0) is 25.2 Å². The van der Waals surface area contributed by atoms with Gasteiger partial charge in [-0.2, -0.15) is 13.2 Å². The first-order valence-corrected chi connectivity index (χ1v) is 9.69. The molecule has 0 saturated heterocycles. The molecular formula is C21H19ClF3NO5. The number of fused-ring (bicyclic) bond motifs is 1. The van der Waals surface area contributed by atoms with E-state index >= 15 is 0 Å². The Kier molecular flexibility index (Phi) is 6.76. The highest BCUT2D eigenvalue weighted by atomic mass is 35.5. The molecule has 0 radical (unpaired) electrons. The van der Waals surface area contributed by atoms with Crippen molar-refractivity contribution in [2.75, 3.05) is 19.0 Å². The number of hydrogen-bond donors (Lipinski definition) is 1. The minimum atomic E-state index is -4.61. The summed E-state index contributed by atoms with van der Waals surface area (Å²) in [6, 6.07) is 7.62. The van der Waals surface area contributed by atoms with Gasteiger partial charge in [0.05, 0.1) is 30.7 Å². The van der Waals surface area contributed by atoms with Crippen LogP contribution < -0.4 is 10.1 Å². The van der Waals surface area contributed by atoms with Crippen molar-refractivity contribution in [3.8, 4) is 5.75 Å². The van der Waals surface area contributed by atoms with Gasteiger partial charge in [-0.1, -0.05) is 23.7 Å². The summed E-state index contributed by atoms with van der Waals surface area (Å²) in [5, 5.41) is 2.65. The third-order valence-electron chi connectivity index (χ3n) is 4.66. The molecule has 1 aliphatic rings. The number of alkyl halides is 3. The van der Waals surface area contributed by atoms with Crippen LogP contribution in [0, 0.1) is 0 Å². The quantitative estimate of drug-likeness (QED) is 0.656. The molecule has 2 atom stereocenters. The third kappa shape index (κ3) is 4.94. The summed E-state index contributed by atoms with van der Waals surface area (Å²) in [5.41, 5.74) is -0.471. The minimum Gasteiger partial charge on any atom is -0.495 e. The van der Waals surface area contributed by atoms with Gasteiger partial charge < -0.3 is 19.5 Å². The molecule has 1 amide bonds. The molecule has 2 aromatic carbocycles. The van der Waals surface area contributed by atoms with E-state index in [0.29, 0.717) is 0 Å². The number of rotatable bonds is 5. The van der Waals surface area contributed by atoms with Crippen LogP contribution in [0.25, 0.3) is 0 Å². The number of hydrogen-bond acceptors (Lipinski definition) is 5. The van der Waals surface area contributed by atoms with Gasteiger partial charge in [0, 0.05) is 16.8 Å². The molecule has 0 spiro atoms. The van der Waals surface area contributed by atoms with E-state index in [2.05, 4.69) is 5.32 Å². The molecule has 6 nitrogen and oxygen atoms in total. The van der Waals surface area contributed by atoms with Gasteiger partial charge in [0.25, 0.3) is 5.91 Å². The Morgan fingerprint density at radius 3 is 2.61 bits per heavy atom. The first-order chi connectivity index (χ1) is 14.7. The van der Waals surface area contributed by atoms with Crippen molar-refractivity contribution in [1.29, 1.82) is 0 Å². The first kappa shape index (κ1) is 22.9. The lowest BCUT2D eigenvalue weighted by Crippen LogP contribution is -2.32. The van der Waals surface area contributed by atoms with Crippen LogP contribution in [0.1, 0.15) is 36.1 Å².